The van der Waals surface area contributed by atoms with Crippen molar-refractivity contribution in [3.05, 3.63) is 65.9 Å². The first-order chi connectivity index (χ1) is 16.3. The van der Waals surface area contributed by atoms with Crippen LogP contribution in [0.25, 0.3) is 10.9 Å². The Morgan fingerprint density at radius 3 is 2.29 bits per heavy atom. The summed E-state index contributed by atoms with van der Waals surface area (Å²) in [6.45, 7) is 14.4. The maximum absolute atomic E-state index is 13.4. The van der Waals surface area contributed by atoms with E-state index in [2.05, 4.69) is 84.7 Å². The lowest BCUT2D eigenvalue weighted by Crippen LogP contribution is -2.49. The summed E-state index contributed by atoms with van der Waals surface area (Å²) in [6, 6.07) is 16.9. The summed E-state index contributed by atoms with van der Waals surface area (Å²) in [4.78, 5) is 17.9. The number of nitrogens with zero attached hydrogens (tertiary/aromatic N) is 3. The third-order valence-corrected chi connectivity index (χ3v) is 7.30. The molecule has 3 aromatic rings. The van der Waals surface area contributed by atoms with Gasteiger partial charge in [0.15, 0.2) is 0 Å². The number of likely N-dealkylation sites (N-methyl/N-ethyl adjacent to an activating group) is 1. The van der Waals surface area contributed by atoms with E-state index in [9.17, 15) is 4.79 Å². The summed E-state index contributed by atoms with van der Waals surface area (Å²) in [5.74, 6) is 1.29. The summed E-state index contributed by atoms with van der Waals surface area (Å²) in [7, 11) is 1.69. The molecule has 1 atom stereocenters. The van der Waals surface area contributed by atoms with Gasteiger partial charge in [-0.15, -0.1) is 0 Å². The molecule has 1 saturated heterocycles. The second kappa shape index (κ2) is 10.2. The lowest BCUT2D eigenvalue weighted by atomic mass is 9.74. The number of amides is 1. The first kappa shape index (κ1) is 24.3. The number of hydrogen-bond acceptors (Lipinski definition) is 3. The number of hydrogen-bond donors (Lipinski definition) is 0. The molecule has 0 saturated carbocycles. The Kier molecular flexibility index (Phi) is 7.32. The Hall–Kier alpha value is -2.79. The van der Waals surface area contributed by atoms with Crippen molar-refractivity contribution in [2.45, 2.75) is 46.6 Å². The van der Waals surface area contributed by atoms with E-state index >= 15 is 0 Å². The average Bonchev–Trinajstić information content (AvgIpc) is 3.20. The smallest absolute Gasteiger partial charge is 0.223 e. The molecule has 0 spiro atoms. The second-order valence-corrected chi connectivity index (χ2v) is 10.5. The van der Waals surface area contributed by atoms with E-state index in [1.165, 1.54) is 22.0 Å². The zero-order chi connectivity index (χ0) is 24.3. The van der Waals surface area contributed by atoms with E-state index in [4.69, 9.17) is 4.74 Å². The van der Waals surface area contributed by atoms with Gasteiger partial charge < -0.3 is 19.1 Å². The van der Waals surface area contributed by atoms with Crippen LogP contribution in [-0.4, -0.2) is 60.1 Å². The first-order valence-electron chi connectivity index (χ1n) is 12.5. The average molecular weight is 462 g/mol. The Bertz CT molecular complexity index is 1100. The minimum Gasteiger partial charge on any atom is -0.497 e. The molecule has 0 unspecified atom stereocenters. The fraction of sp³-hybridized carbons (Fsp3) is 0.483. The Morgan fingerprint density at radius 1 is 1.00 bits per heavy atom. The first-order valence-corrected chi connectivity index (χ1v) is 12.5. The molecule has 0 aliphatic carbocycles. The predicted molar refractivity (Wildman–Crippen MR) is 140 cm³/mol. The molecule has 4 rings (SSSR count). The fourth-order valence-electron chi connectivity index (χ4n) is 5.11. The summed E-state index contributed by atoms with van der Waals surface area (Å²) >= 11 is 0. The molecular formula is C29H39N3O2. The number of piperazine rings is 1. The summed E-state index contributed by atoms with van der Waals surface area (Å²) in [6.07, 6.45) is 2.83. The predicted octanol–water partition coefficient (Wildman–Crippen LogP) is 5.38. The third kappa shape index (κ3) is 5.30. The number of rotatable bonds is 7. The minimum absolute atomic E-state index is 0.0318. The van der Waals surface area contributed by atoms with Gasteiger partial charge >= 0.3 is 0 Å². The zero-order valence-electron chi connectivity index (χ0n) is 21.4. The lowest BCUT2D eigenvalue weighted by Gasteiger charge is -2.37. The number of ether oxygens (including phenoxy) is 1. The largest absolute Gasteiger partial charge is 0.497 e. The molecule has 0 N–H and O–H groups in total. The van der Waals surface area contributed by atoms with Gasteiger partial charge in [-0.25, -0.2) is 0 Å². The van der Waals surface area contributed by atoms with Crippen LogP contribution in [0, 0.1) is 5.41 Å². The summed E-state index contributed by atoms with van der Waals surface area (Å²) in [5, 5.41) is 1.25. The SMILES string of the molecule is CCN1CCN(C(=O)C[C@@H](c2cn(Cc3ccc(OC)cc3)c3ccccc23)C(C)(C)C)CC1. The van der Waals surface area contributed by atoms with Crippen LogP contribution in [0.15, 0.2) is 54.7 Å². The molecule has 5 heteroatoms. The number of carbonyl (C=O) groups excluding carboxylic acids is 1. The van der Waals surface area contributed by atoms with Crippen molar-refractivity contribution in [1.82, 2.24) is 14.4 Å². The van der Waals surface area contributed by atoms with E-state index < -0.39 is 0 Å². The van der Waals surface area contributed by atoms with Crippen molar-refractivity contribution in [1.29, 1.82) is 0 Å². The van der Waals surface area contributed by atoms with Gasteiger partial charge in [-0.3, -0.25) is 4.79 Å². The van der Waals surface area contributed by atoms with Crippen molar-refractivity contribution < 1.29 is 9.53 Å². The maximum atomic E-state index is 13.4. The number of carbonyl (C=O) groups is 1. The van der Waals surface area contributed by atoms with Crippen molar-refractivity contribution in [2.75, 3.05) is 39.8 Å². The van der Waals surface area contributed by atoms with Crippen LogP contribution in [0.4, 0.5) is 0 Å². The van der Waals surface area contributed by atoms with Crippen LogP contribution in [-0.2, 0) is 11.3 Å². The van der Waals surface area contributed by atoms with E-state index in [1.54, 1.807) is 7.11 Å². The maximum Gasteiger partial charge on any atom is 0.223 e. The molecule has 5 nitrogen and oxygen atoms in total. The molecule has 1 aliphatic heterocycles. The van der Waals surface area contributed by atoms with Crippen LogP contribution in [0.5, 0.6) is 5.75 Å². The lowest BCUT2D eigenvalue weighted by molar-refractivity contribution is -0.134. The van der Waals surface area contributed by atoms with Gasteiger partial charge in [0.2, 0.25) is 5.91 Å². The van der Waals surface area contributed by atoms with Crippen LogP contribution >= 0.6 is 0 Å². The molecule has 182 valence electrons. The number of methoxy groups -OCH3 is 1. The van der Waals surface area contributed by atoms with Crippen LogP contribution in [0.3, 0.4) is 0 Å². The molecule has 1 aliphatic rings. The molecule has 34 heavy (non-hydrogen) atoms. The summed E-state index contributed by atoms with van der Waals surface area (Å²) < 4.78 is 7.65. The number of aromatic nitrogens is 1. The highest BCUT2D eigenvalue weighted by molar-refractivity contribution is 5.86. The topological polar surface area (TPSA) is 37.7 Å². The van der Waals surface area contributed by atoms with Crippen molar-refractivity contribution >= 4 is 16.8 Å². The normalized spacial score (nSPS) is 16.1. The highest BCUT2D eigenvalue weighted by Gasteiger charge is 2.33. The Labute approximate surface area is 204 Å². The van der Waals surface area contributed by atoms with Gasteiger partial charge in [0.05, 0.1) is 7.11 Å². The van der Waals surface area contributed by atoms with E-state index in [-0.39, 0.29) is 17.2 Å². The van der Waals surface area contributed by atoms with E-state index in [0.29, 0.717) is 6.42 Å². The number of para-hydroxylation sites is 1. The molecule has 0 bridgehead atoms. The van der Waals surface area contributed by atoms with Gasteiger partial charge in [-0.1, -0.05) is 58.0 Å². The molecule has 0 radical (unpaired) electrons. The van der Waals surface area contributed by atoms with Crippen LogP contribution in [0.2, 0.25) is 0 Å². The van der Waals surface area contributed by atoms with Gasteiger partial charge in [-0.2, -0.15) is 0 Å². The van der Waals surface area contributed by atoms with Gasteiger partial charge in [0.1, 0.15) is 5.75 Å². The summed E-state index contributed by atoms with van der Waals surface area (Å²) in [5.41, 5.74) is 3.68. The Morgan fingerprint density at radius 2 is 1.68 bits per heavy atom. The Balaban J connectivity index is 1.63. The zero-order valence-corrected chi connectivity index (χ0v) is 21.4. The minimum atomic E-state index is -0.0318. The highest BCUT2D eigenvalue weighted by atomic mass is 16.5. The monoisotopic (exact) mass is 461 g/mol. The fourth-order valence-corrected chi connectivity index (χ4v) is 5.11. The molecule has 1 aromatic heterocycles. The van der Waals surface area contributed by atoms with E-state index in [0.717, 1.165) is 45.0 Å². The van der Waals surface area contributed by atoms with Gasteiger partial charge in [-0.05, 0) is 47.2 Å². The van der Waals surface area contributed by atoms with Crippen molar-refractivity contribution in [2.24, 2.45) is 5.41 Å². The molecule has 2 heterocycles. The molecule has 2 aromatic carbocycles. The van der Waals surface area contributed by atoms with Gasteiger partial charge in [0, 0.05) is 56.2 Å². The van der Waals surface area contributed by atoms with Crippen molar-refractivity contribution in [3.8, 4) is 5.75 Å². The highest BCUT2D eigenvalue weighted by Crippen LogP contribution is 2.42. The standard InChI is InChI=1S/C29H39N3O2/c1-6-30-15-17-31(18-16-30)28(33)19-26(29(2,3)4)25-21-32(27-10-8-7-9-24(25)27)20-22-11-13-23(34-5)14-12-22/h7-14,21,26H,6,15-20H2,1-5H3/t26-/m0/s1. The van der Waals surface area contributed by atoms with Crippen LogP contribution < -0.4 is 4.74 Å². The second-order valence-electron chi connectivity index (χ2n) is 10.5. The molecular weight excluding hydrogens is 422 g/mol. The van der Waals surface area contributed by atoms with Crippen molar-refractivity contribution in [3.63, 3.8) is 0 Å². The van der Waals surface area contributed by atoms with Gasteiger partial charge in [0.25, 0.3) is 0 Å². The third-order valence-electron chi connectivity index (χ3n) is 7.30. The quantitative estimate of drug-likeness (QED) is 0.474. The number of fused-ring (bicyclic) bond motifs is 1. The number of benzene rings is 2. The molecule has 1 amide bonds. The molecule has 1 fully saturated rings. The van der Waals surface area contributed by atoms with E-state index in [1.807, 2.05) is 12.1 Å². The van der Waals surface area contributed by atoms with Crippen LogP contribution in [0.1, 0.15) is 51.2 Å².